The van der Waals surface area contributed by atoms with E-state index in [9.17, 15) is 14.4 Å². The molecule has 0 aromatic rings. The fourth-order valence-electron chi connectivity index (χ4n) is 2.87. The largest absolute Gasteiger partial charge is 0.481 e. The van der Waals surface area contributed by atoms with Crippen molar-refractivity contribution >= 4 is 17.8 Å². The first-order valence-electron chi connectivity index (χ1n) is 7.48. The van der Waals surface area contributed by atoms with Crippen LogP contribution in [0.15, 0.2) is 0 Å². The first-order valence-corrected chi connectivity index (χ1v) is 7.48. The Labute approximate surface area is 124 Å². The van der Waals surface area contributed by atoms with Gasteiger partial charge in [0.1, 0.15) is 6.04 Å². The number of aliphatic carboxylic acids is 1. The maximum absolute atomic E-state index is 12.3. The molecule has 0 aromatic heterocycles. The summed E-state index contributed by atoms with van der Waals surface area (Å²) in [5.41, 5.74) is 0. The molecule has 0 aliphatic carbocycles. The number of likely N-dealkylation sites (tertiary alicyclic amines) is 1. The van der Waals surface area contributed by atoms with Crippen molar-refractivity contribution in [2.24, 2.45) is 5.92 Å². The second kappa shape index (κ2) is 6.89. The van der Waals surface area contributed by atoms with Gasteiger partial charge in [-0.2, -0.15) is 0 Å². The number of carbonyl (C=O) groups is 3. The first kappa shape index (κ1) is 15.8. The molecule has 2 rings (SSSR count). The monoisotopic (exact) mass is 297 g/mol. The van der Waals surface area contributed by atoms with Crippen molar-refractivity contribution in [3.8, 4) is 0 Å². The summed E-state index contributed by atoms with van der Waals surface area (Å²) in [6, 6.07) is -0.746. The highest BCUT2D eigenvalue weighted by Gasteiger charge is 2.33. The predicted octanol–water partition coefficient (Wildman–Crippen LogP) is -0.480. The minimum atomic E-state index is -1.03. The Morgan fingerprint density at radius 3 is 2.57 bits per heavy atom. The van der Waals surface area contributed by atoms with E-state index >= 15 is 0 Å². The first-order chi connectivity index (χ1) is 9.97. The molecule has 0 aromatic carbocycles. The third kappa shape index (κ3) is 4.17. The predicted molar refractivity (Wildman–Crippen MR) is 75.6 cm³/mol. The fraction of sp³-hybridized carbons (Fsp3) is 0.786. The van der Waals surface area contributed by atoms with E-state index in [4.69, 9.17) is 5.11 Å². The summed E-state index contributed by atoms with van der Waals surface area (Å²) in [6.07, 6.45) is 1.74. The fourth-order valence-corrected chi connectivity index (χ4v) is 2.87. The molecule has 7 nitrogen and oxygen atoms in total. The summed E-state index contributed by atoms with van der Waals surface area (Å²) in [5, 5.41) is 11.6. The molecule has 7 heteroatoms. The van der Waals surface area contributed by atoms with Crippen LogP contribution in [0.1, 0.15) is 26.2 Å². The van der Waals surface area contributed by atoms with E-state index in [1.807, 2.05) is 4.90 Å². The van der Waals surface area contributed by atoms with Crippen molar-refractivity contribution in [2.45, 2.75) is 32.2 Å². The van der Waals surface area contributed by atoms with E-state index in [-0.39, 0.29) is 24.8 Å². The van der Waals surface area contributed by atoms with Crippen molar-refractivity contribution in [2.75, 3.05) is 32.7 Å². The molecule has 0 bridgehead atoms. The molecule has 118 valence electrons. The number of amides is 2. The molecule has 2 fully saturated rings. The Balaban J connectivity index is 1.93. The minimum Gasteiger partial charge on any atom is -0.481 e. The van der Waals surface area contributed by atoms with Gasteiger partial charge in [-0.3, -0.25) is 19.3 Å². The zero-order valence-corrected chi connectivity index (χ0v) is 12.4. The molecular weight excluding hydrogens is 274 g/mol. The lowest BCUT2D eigenvalue weighted by Crippen LogP contribution is -2.58. The Hall–Kier alpha value is -1.63. The summed E-state index contributed by atoms with van der Waals surface area (Å²) in [4.78, 5) is 38.5. The van der Waals surface area contributed by atoms with Gasteiger partial charge in [0.05, 0.1) is 13.0 Å². The van der Waals surface area contributed by atoms with Crippen molar-refractivity contribution in [1.82, 2.24) is 15.1 Å². The number of carboxylic acids is 1. The Bertz CT molecular complexity index is 418. The van der Waals surface area contributed by atoms with Gasteiger partial charge in [0, 0.05) is 26.2 Å². The standard InChI is InChI=1S/C14H23N3O4/c1-10-2-5-16(6-3-10)12(18)9-17-7-4-15-14(21)11(17)8-13(19)20/h10-11H,2-9H2,1H3,(H,15,21)(H,19,20). The van der Waals surface area contributed by atoms with Gasteiger partial charge in [-0.25, -0.2) is 0 Å². The maximum atomic E-state index is 12.3. The topological polar surface area (TPSA) is 90.0 Å². The number of piperidine rings is 1. The molecule has 1 unspecified atom stereocenters. The lowest BCUT2D eigenvalue weighted by molar-refractivity contribution is -0.145. The molecule has 0 saturated carbocycles. The average molecular weight is 297 g/mol. The minimum absolute atomic E-state index is 0.00742. The molecule has 21 heavy (non-hydrogen) atoms. The Morgan fingerprint density at radius 1 is 1.29 bits per heavy atom. The van der Waals surface area contributed by atoms with E-state index in [2.05, 4.69) is 12.2 Å². The normalized spacial score (nSPS) is 24.7. The molecule has 2 N–H and O–H groups in total. The van der Waals surface area contributed by atoms with E-state index in [1.54, 1.807) is 4.90 Å². The molecule has 2 amide bonds. The molecule has 2 saturated heterocycles. The third-order valence-electron chi connectivity index (χ3n) is 4.28. The summed E-state index contributed by atoms with van der Waals surface area (Å²) in [5.74, 6) is -0.688. The van der Waals surface area contributed by atoms with Crippen LogP contribution in [0.5, 0.6) is 0 Å². The number of nitrogens with zero attached hydrogens (tertiary/aromatic N) is 2. The van der Waals surface area contributed by atoms with Crippen LogP contribution in [0.3, 0.4) is 0 Å². The summed E-state index contributed by atoms with van der Waals surface area (Å²) >= 11 is 0. The van der Waals surface area contributed by atoms with E-state index in [0.717, 1.165) is 25.9 Å². The van der Waals surface area contributed by atoms with E-state index in [1.165, 1.54) is 0 Å². The van der Waals surface area contributed by atoms with Gasteiger partial charge in [0.15, 0.2) is 0 Å². The maximum Gasteiger partial charge on any atom is 0.305 e. The highest BCUT2D eigenvalue weighted by molar-refractivity contribution is 5.88. The SMILES string of the molecule is CC1CCN(C(=O)CN2CCNC(=O)C2CC(=O)O)CC1. The van der Waals surface area contributed by atoms with Crippen molar-refractivity contribution in [3.05, 3.63) is 0 Å². The van der Waals surface area contributed by atoms with E-state index < -0.39 is 12.0 Å². The van der Waals surface area contributed by atoms with Crippen LogP contribution in [0.25, 0.3) is 0 Å². The average Bonchev–Trinajstić information content (AvgIpc) is 2.43. The van der Waals surface area contributed by atoms with Gasteiger partial charge >= 0.3 is 5.97 Å². The number of hydrogen-bond donors (Lipinski definition) is 2. The van der Waals surface area contributed by atoms with Gasteiger partial charge in [-0.15, -0.1) is 0 Å². The molecule has 2 heterocycles. The van der Waals surface area contributed by atoms with Crippen LogP contribution >= 0.6 is 0 Å². The molecule has 0 radical (unpaired) electrons. The van der Waals surface area contributed by atoms with Crippen molar-refractivity contribution in [1.29, 1.82) is 0 Å². The zero-order chi connectivity index (χ0) is 15.4. The number of piperazine rings is 1. The van der Waals surface area contributed by atoms with Crippen LogP contribution in [0, 0.1) is 5.92 Å². The molecule has 0 spiro atoms. The van der Waals surface area contributed by atoms with Crippen LogP contribution in [-0.4, -0.2) is 71.5 Å². The highest BCUT2D eigenvalue weighted by Crippen LogP contribution is 2.17. The second-order valence-corrected chi connectivity index (χ2v) is 5.94. The molecule has 1 atom stereocenters. The lowest BCUT2D eigenvalue weighted by atomic mass is 9.99. The summed E-state index contributed by atoms with van der Waals surface area (Å²) in [7, 11) is 0. The molecular formula is C14H23N3O4. The van der Waals surface area contributed by atoms with Gasteiger partial charge in [0.25, 0.3) is 0 Å². The summed E-state index contributed by atoms with van der Waals surface area (Å²) < 4.78 is 0. The zero-order valence-electron chi connectivity index (χ0n) is 12.4. The number of carbonyl (C=O) groups excluding carboxylic acids is 2. The van der Waals surface area contributed by atoms with Gasteiger partial charge in [-0.1, -0.05) is 6.92 Å². The van der Waals surface area contributed by atoms with Gasteiger partial charge < -0.3 is 15.3 Å². The molecule has 2 aliphatic heterocycles. The molecule has 2 aliphatic rings. The van der Waals surface area contributed by atoms with Crippen LogP contribution < -0.4 is 5.32 Å². The van der Waals surface area contributed by atoms with Crippen LogP contribution in [0.4, 0.5) is 0 Å². The quantitative estimate of drug-likeness (QED) is 0.731. The number of carboxylic acid groups (broad SMARTS) is 1. The Kier molecular flexibility index (Phi) is 5.17. The lowest BCUT2D eigenvalue weighted by Gasteiger charge is -2.36. The van der Waals surface area contributed by atoms with Gasteiger partial charge in [-0.05, 0) is 18.8 Å². The number of hydrogen-bond acceptors (Lipinski definition) is 4. The highest BCUT2D eigenvalue weighted by atomic mass is 16.4. The van der Waals surface area contributed by atoms with Crippen LogP contribution in [0.2, 0.25) is 0 Å². The number of rotatable bonds is 4. The number of nitrogens with one attached hydrogen (secondary N) is 1. The van der Waals surface area contributed by atoms with Crippen molar-refractivity contribution < 1.29 is 19.5 Å². The summed E-state index contributed by atoms with van der Waals surface area (Å²) in [6.45, 7) is 4.78. The van der Waals surface area contributed by atoms with Crippen molar-refractivity contribution in [3.63, 3.8) is 0 Å². The Morgan fingerprint density at radius 2 is 1.95 bits per heavy atom. The second-order valence-electron chi connectivity index (χ2n) is 5.94. The van der Waals surface area contributed by atoms with E-state index in [0.29, 0.717) is 19.0 Å². The van der Waals surface area contributed by atoms with Crippen LogP contribution in [-0.2, 0) is 14.4 Å². The smallest absolute Gasteiger partial charge is 0.305 e. The third-order valence-corrected chi connectivity index (χ3v) is 4.28. The van der Waals surface area contributed by atoms with Gasteiger partial charge in [0.2, 0.25) is 11.8 Å².